The van der Waals surface area contributed by atoms with Gasteiger partial charge in [0, 0.05) is 19.3 Å². The SMILES string of the molecule is CSc1nc(NCC(C)C)c2cnn(CCNC(=O)c3cccnc3Cl)c2n1. The molecule has 0 saturated carbocycles. The summed E-state index contributed by atoms with van der Waals surface area (Å²) >= 11 is 7.44. The topological polar surface area (TPSA) is 97.6 Å². The smallest absolute Gasteiger partial charge is 0.254 e. The maximum atomic E-state index is 12.3. The molecule has 10 heteroatoms. The van der Waals surface area contributed by atoms with Crippen LogP contribution in [0.5, 0.6) is 0 Å². The summed E-state index contributed by atoms with van der Waals surface area (Å²) in [6, 6.07) is 3.31. The lowest BCUT2D eigenvalue weighted by molar-refractivity contribution is 0.0952. The average Bonchev–Trinajstić information content (AvgIpc) is 3.09. The van der Waals surface area contributed by atoms with Gasteiger partial charge in [0.2, 0.25) is 0 Å². The summed E-state index contributed by atoms with van der Waals surface area (Å²) in [5.74, 6) is 1.00. The van der Waals surface area contributed by atoms with Gasteiger partial charge in [-0.15, -0.1) is 0 Å². The predicted molar refractivity (Wildman–Crippen MR) is 112 cm³/mol. The van der Waals surface area contributed by atoms with E-state index in [0.29, 0.717) is 29.7 Å². The van der Waals surface area contributed by atoms with E-state index in [1.165, 1.54) is 11.8 Å². The van der Waals surface area contributed by atoms with Crippen molar-refractivity contribution in [3.8, 4) is 0 Å². The molecule has 0 aromatic carbocycles. The van der Waals surface area contributed by atoms with Crippen molar-refractivity contribution < 1.29 is 4.79 Å². The van der Waals surface area contributed by atoms with Crippen LogP contribution in [0.25, 0.3) is 11.0 Å². The van der Waals surface area contributed by atoms with Crippen LogP contribution < -0.4 is 10.6 Å². The largest absolute Gasteiger partial charge is 0.369 e. The van der Waals surface area contributed by atoms with Crippen molar-refractivity contribution >= 4 is 46.1 Å². The molecule has 0 aliphatic rings. The van der Waals surface area contributed by atoms with Crippen molar-refractivity contribution in [2.45, 2.75) is 25.5 Å². The van der Waals surface area contributed by atoms with Crippen LogP contribution in [0.1, 0.15) is 24.2 Å². The first kappa shape index (κ1) is 20.3. The van der Waals surface area contributed by atoms with Crippen molar-refractivity contribution in [3.63, 3.8) is 0 Å². The maximum absolute atomic E-state index is 12.3. The Bertz CT molecular complexity index is 976. The van der Waals surface area contributed by atoms with Crippen LogP contribution >= 0.6 is 23.4 Å². The van der Waals surface area contributed by atoms with Gasteiger partial charge in [-0.2, -0.15) is 5.10 Å². The van der Waals surface area contributed by atoms with Crippen molar-refractivity contribution in [1.82, 2.24) is 30.0 Å². The van der Waals surface area contributed by atoms with Gasteiger partial charge in [0.25, 0.3) is 5.91 Å². The third-order valence-corrected chi connectivity index (χ3v) is 4.80. The monoisotopic (exact) mass is 419 g/mol. The van der Waals surface area contributed by atoms with E-state index in [2.05, 4.69) is 44.5 Å². The number of fused-ring (bicyclic) bond motifs is 1. The van der Waals surface area contributed by atoms with Crippen molar-refractivity contribution in [3.05, 3.63) is 35.2 Å². The Morgan fingerprint density at radius 1 is 1.36 bits per heavy atom. The number of anilines is 1. The molecule has 8 nitrogen and oxygen atoms in total. The second-order valence-electron chi connectivity index (χ2n) is 6.54. The van der Waals surface area contributed by atoms with Gasteiger partial charge in [-0.3, -0.25) is 4.79 Å². The number of aromatic nitrogens is 5. The molecule has 0 fully saturated rings. The Hall–Kier alpha value is -2.39. The number of hydrogen-bond acceptors (Lipinski definition) is 7. The molecular weight excluding hydrogens is 398 g/mol. The van der Waals surface area contributed by atoms with Crippen LogP contribution in [0.15, 0.2) is 29.7 Å². The minimum atomic E-state index is -0.270. The zero-order chi connectivity index (χ0) is 20.1. The van der Waals surface area contributed by atoms with E-state index in [1.807, 2.05) is 6.26 Å². The first-order chi connectivity index (χ1) is 13.5. The molecule has 0 radical (unpaired) electrons. The van der Waals surface area contributed by atoms with Crippen molar-refractivity contribution in [1.29, 1.82) is 0 Å². The number of nitrogens with one attached hydrogen (secondary N) is 2. The zero-order valence-corrected chi connectivity index (χ0v) is 17.5. The molecule has 0 atom stereocenters. The lowest BCUT2D eigenvalue weighted by Crippen LogP contribution is -2.28. The predicted octanol–water partition coefficient (Wildman–Crippen LogP) is 3.09. The van der Waals surface area contributed by atoms with Crippen LogP contribution in [-0.2, 0) is 6.54 Å². The Morgan fingerprint density at radius 3 is 2.89 bits per heavy atom. The highest BCUT2D eigenvalue weighted by atomic mass is 35.5. The van der Waals surface area contributed by atoms with E-state index >= 15 is 0 Å². The number of thioether (sulfide) groups is 1. The molecule has 28 heavy (non-hydrogen) atoms. The zero-order valence-electron chi connectivity index (χ0n) is 15.9. The van der Waals surface area contributed by atoms with Gasteiger partial charge in [0.15, 0.2) is 10.8 Å². The lowest BCUT2D eigenvalue weighted by atomic mass is 10.2. The van der Waals surface area contributed by atoms with E-state index in [-0.39, 0.29) is 11.1 Å². The molecule has 3 rings (SSSR count). The van der Waals surface area contributed by atoms with E-state index in [4.69, 9.17) is 11.6 Å². The average molecular weight is 420 g/mol. The van der Waals surface area contributed by atoms with E-state index < -0.39 is 0 Å². The minimum Gasteiger partial charge on any atom is -0.369 e. The summed E-state index contributed by atoms with van der Waals surface area (Å²) < 4.78 is 1.77. The van der Waals surface area contributed by atoms with Gasteiger partial charge in [0.1, 0.15) is 11.0 Å². The van der Waals surface area contributed by atoms with Gasteiger partial charge in [-0.05, 0) is 24.3 Å². The number of rotatable bonds is 8. The van der Waals surface area contributed by atoms with Crippen molar-refractivity contribution in [2.24, 2.45) is 5.92 Å². The summed E-state index contributed by atoms with van der Waals surface area (Å²) in [6.45, 7) is 5.95. The van der Waals surface area contributed by atoms with Crippen molar-refractivity contribution in [2.75, 3.05) is 24.7 Å². The molecule has 0 saturated heterocycles. The van der Waals surface area contributed by atoms with Gasteiger partial charge in [0.05, 0.1) is 23.7 Å². The number of hydrogen-bond donors (Lipinski definition) is 2. The van der Waals surface area contributed by atoms with Crippen LogP contribution in [0.4, 0.5) is 5.82 Å². The van der Waals surface area contributed by atoms with Crippen LogP contribution in [-0.4, -0.2) is 50.0 Å². The van der Waals surface area contributed by atoms with E-state index in [0.717, 1.165) is 23.4 Å². The highest BCUT2D eigenvalue weighted by Crippen LogP contribution is 2.23. The third-order valence-electron chi connectivity index (χ3n) is 3.95. The summed E-state index contributed by atoms with van der Waals surface area (Å²) in [5.41, 5.74) is 1.08. The number of pyridine rings is 1. The summed E-state index contributed by atoms with van der Waals surface area (Å²) in [5, 5.41) is 12.3. The fourth-order valence-corrected chi connectivity index (χ4v) is 3.12. The first-order valence-corrected chi connectivity index (χ1v) is 10.5. The second-order valence-corrected chi connectivity index (χ2v) is 7.67. The Labute approximate surface area is 172 Å². The maximum Gasteiger partial charge on any atom is 0.254 e. The Balaban J connectivity index is 1.73. The number of amides is 1. The molecule has 0 unspecified atom stereocenters. The molecule has 3 aromatic rings. The van der Waals surface area contributed by atoms with Gasteiger partial charge in [-0.1, -0.05) is 37.2 Å². The Morgan fingerprint density at radius 2 is 2.18 bits per heavy atom. The number of carbonyl (C=O) groups excluding carboxylic acids is 1. The summed E-state index contributed by atoms with van der Waals surface area (Å²) in [4.78, 5) is 25.3. The van der Waals surface area contributed by atoms with Crippen LogP contribution in [0.3, 0.4) is 0 Å². The quantitative estimate of drug-likeness (QED) is 0.329. The fraction of sp³-hybridized carbons (Fsp3) is 0.389. The molecule has 0 bridgehead atoms. The van der Waals surface area contributed by atoms with Gasteiger partial charge < -0.3 is 10.6 Å². The van der Waals surface area contributed by atoms with Gasteiger partial charge >= 0.3 is 0 Å². The molecule has 148 valence electrons. The van der Waals surface area contributed by atoms with Crippen LogP contribution in [0, 0.1) is 5.92 Å². The number of carbonyl (C=O) groups is 1. The molecule has 2 N–H and O–H groups in total. The molecule has 0 spiro atoms. The molecule has 3 aromatic heterocycles. The summed E-state index contributed by atoms with van der Waals surface area (Å²) in [7, 11) is 0. The number of halogens is 1. The molecule has 0 aliphatic heterocycles. The molecule has 0 aliphatic carbocycles. The molecular formula is C18H22ClN7OS. The standard InChI is InChI=1S/C18H22ClN7OS/c1-11(2)9-22-15-13-10-23-26(16(13)25-18(24-15)28-3)8-7-21-17(27)12-5-4-6-20-14(12)19/h4-6,10-11H,7-9H2,1-3H3,(H,21,27)(H,22,24,25). The molecule has 1 amide bonds. The fourth-order valence-electron chi connectivity index (χ4n) is 2.55. The number of nitrogens with zero attached hydrogens (tertiary/aromatic N) is 5. The summed E-state index contributed by atoms with van der Waals surface area (Å²) in [6.07, 6.45) is 5.23. The first-order valence-electron chi connectivity index (χ1n) is 8.89. The molecule has 3 heterocycles. The van der Waals surface area contributed by atoms with Crippen LogP contribution in [0.2, 0.25) is 5.15 Å². The minimum absolute atomic E-state index is 0.183. The van der Waals surface area contributed by atoms with Gasteiger partial charge in [-0.25, -0.2) is 19.6 Å². The Kier molecular flexibility index (Phi) is 6.69. The highest BCUT2D eigenvalue weighted by molar-refractivity contribution is 7.98. The third kappa shape index (κ3) is 4.71. The lowest BCUT2D eigenvalue weighted by Gasteiger charge is -2.11. The second kappa shape index (κ2) is 9.20. The van der Waals surface area contributed by atoms with E-state index in [9.17, 15) is 4.79 Å². The normalized spacial score (nSPS) is 11.2. The van der Waals surface area contributed by atoms with E-state index in [1.54, 1.807) is 29.2 Å². The highest BCUT2D eigenvalue weighted by Gasteiger charge is 2.14.